The molecular weight excluding hydrogens is 436 g/mol. The van der Waals surface area contributed by atoms with Gasteiger partial charge in [0.25, 0.3) is 0 Å². The van der Waals surface area contributed by atoms with Gasteiger partial charge in [0.1, 0.15) is 18.5 Å². The van der Waals surface area contributed by atoms with Crippen molar-refractivity contribution in [2.45, 2.75) is 87.8 Å². The number of hydrogen-bond donors (Lipinski definition) is 0. The second-order valence-electron chi connectivity index (χ2n) is 9.21. The second kappa shape index (κ2) is 8.68. The fraction of sp³-hybridized carbons (Fsp3) is 0.810. The molecule has 1 saturated carbocycles. The molecule has 2 bridgehead atoms. The predicted molar refractivity (Wildman–Crippen MR) is 120 cm³/mol. The van der Waals surface area contributed by atoms with Gasteiger partial charge in [0.15, 0.2) is 0 Å². The Morgan fingerprint density at radius 1 is 0.935 bits per heavy atom. The lowest BCUT2D eigenvalue weighted by molar-refractivity contribution is 0.0891. The van der Waals surface area contributed by atoms with Gasteiger partial charge in [0.2, 0.25) is 21.8 Å². The van der Waals surface area contributed by atoms with E-state index in [2.05, 4.69) is 20.5 Å². The molecule has 4 aliphatic rings. The lowest BCUT2D eigenvalue weighted by Crippen LogP contribution is -2.50. The molecule has 0 N–H and O–H groups in total. The molecule has 172 valence electrons. The molecule has 4 heterocycles. The Morgan fingerprint density at radius 2 is 1.52 bits per heavy atom. The maximum Gasteiger partial charge on any atom is 0.223 e. The minimum atomic E-state index is -3.13. The first kappa shape index (κ1) is 21.7. The van der Waals surface area contributed by atoms with Crippen LogP contribution in [-0.4, -0.2) is 75.9 Å². The van der Waals surface area contributed by atoms with Gasteiger partial charge in [-0.15, -0.1) is 0 Å². The number of sulfonamides is 1. The highest BCUT2D eigenvalue weighted by Gasteiger charge is 2.52. The Balaban J connectivity index is 1.23. The molecule has 1 aromatic heterocycles. The normalized spacial score (nSPS) is 30.5. The van der Waals surface area contributed by atoms with Gasteiger partial charge in [0, 0.05) is 38.0 Å². The molecule has 0 unspecified atom stereocenters. The number of piperidine rings is 2. The Bertz CT molecular complexity index is 889. The largest absolute Gasteiger partial charge is 0.474 e. The Labute approximate surface area is 189 Å². The van der Waals surface area contributed by atoms with E-state index in [1.807, 2.05) is 11.2 Å². The van der Waals surface area contributed by atoms with E-state index in [9.17, 15) is 8.42 Å². The summed E-state index contributed by atoms with van der Waals surface area (Å²) in [7, 11) is -3.13. The van der Waals surface area contributed by atoms with Crippen molar-refractivity contribution in [2.75, 3.05) is 19.3 Å². The third-order valence-electron chi connectivity index (χ3n) is 7.07. The number of fused-ring (bicyclic) bond motifs is 2. The summed E-state index contributed by atoms with van der Waals surface area (Å²) < 4.78 is 42.4. The average Bonchev–Trinajstić information content (AvgIpc) is 3.57. The molecule has 5 rings (SSSR count). The summed E-state index contributed by atoms with van der Waals surface area (Å²) >= 11 is 1.78. The van der Waals surface area contributed by atoms with Crippen LogP contribution in [-0.2, 0) is 10.0 Å². The van der Waals surface area contributed by atoms with E-state index in [-0.39, 0.29) is 29.5 Å². The van der Waals surface area contributed by atoms with Crippen molar-refractivity contribution in [3.05, 3.63) is 11.9 Å². The summed E-state index contributed by atoms with van der Waals surface area (Å²) in [6, 6.07) is 0.127. The Morgan fingerprint density at radius 3 is 2.06 bits per heavy atom. The minimum Gasteiger partial charge on any atom is -0.474 e. The van der Waals surface area contributed by atoms with Gasteiger partial charge in [-0.05, 0) is 51.7 Å². The van der Waals surface area contributed by atoms with E-state index in [0.717, 1.165) is 70.0 Å². The smallest absolute Gasteiger partial charge is 0.223 e. The molecule has 3 atom stereocenters. The lowest BCUT2D eigenvalue weighted by Gasteiger charge is -2.38. The second-order valence-corrected chi connectivity index (χ2v) is 12.2. The summed E-state index contributed by atoms with van der Waals surface area (Å²) in [5.74, 6) is 1.17. The highest BCUT2D eigenvalue weighted by Crippen LogP contribution is 2.43. The van der Waals surface area contributed by atoms with Crippen molar-refractivity contribution in [3.8, 4) is 11.8 Å². The Hall–Kier alpha value is -1.10. The van der Waals surface area contributed by atoms with E-state index >= 15 is 0 Å². The monoisotopic (exact) mass is 468 g/mol. The molecule has 1 aromatic rings. The van der Waals surface area contributed by atoms with E-state index < -0.39 is 10.0 Å². The molecule has 10 heteroatoms. The van der Waals surface area contributed by atoms with Crippen LogP contribution in [0.15, 0.2) is 6.33 Å². The van der Waals surface area contributed by atoms with Crippen molar-refractivity contribution >= 4 is 22.0 Å². The number of ether oxygens (including phenoxy) is 2. The van der Waals surface area contributed by atoms with Crippen molar-refractivity contribution < 1.29 is 17.9 Å². The first-order valence-corrected chi connectivity index (χ1v) is 14.1. The van der Waals surface area contributed by atoms with Crippen molar-refractivity contribution in [1.29, 1.82) is 0 Å². The lowest BCUT2D eigenvalue weighted by atomic mass is 10.0. The molecule has 0 spiro atoms. The number of aromatic nitrogens is 2. The van der Waals surface area contributed by atoms with Crippen molar-refractivity contribution in [3.63, 3.8) is 0 Å². The third kappa shape index (κ3) is 4.41. The van der Waals surface area contributed by atoms with Crippen LogP contribution in [0.5, 0.6) is 11.8 Å². The summed E-state index contributed by atoms with van der Waals surface area (Å²) in [5, 5.41) is -0.139. The van der Waals surface area contributed by atoms with Gasteiger partial charge >= 0.3 is 0 Å². The standard InChI is InChI=1S/C21H32N4O4S2/c1-14-20(28-17-7-9-24(30-2)10-8-17)22-13-23-21(14)29-18-11-15-3-4-16(12-18)25(15)31(26,27)19-5-6-19/h13,15-19H,3-12H2,1-2H3/t15-,16+,18-. The quantitative estimate of drug-likeness (QED) is 0.565. The van der Waals surface area contributed by atoms with Gasteiger partial charge in [-0.1, -0.05) is 11.9 Å². The van der Waals surface area contributed by atoms with Crippen LogP contribution in [0.3, 0.4) is 0 Å². The topological polar surface area (TPSA) is 84.9 Å². The minimum absolute atomic E-state index is 0.0191. The van der Waals surface area contributed by atoms with Gasteiger partial charge in [-0.3, -0.25) is 4.31 Å². The highest BCUT2D eigenvalue weighted by molar-refractivity contribution is 7.96. The van der Waals surface area contributed by atoms with Crippen LogP contribution in [0.2, 0.25) is 0 Å². The first-order valence-electron chi connectivity index (χ1n) is 11.4. The molecule has 8 nitrogen and oxygen atoms in total. The summed E-state index contributed by atoms with van der Waals surface area (Å²) in [5.41, 5.74) is 0.829. The molecule has 0 aromatic carbocycles. The van der Waals surface area contributed by atoms with Crippen LogP contribution in [0, 0.1) is 6.92 Å². The maximum atomic E-state index is 12.8. The van der Waals surface area contributed by atoms with Gasteiger partial charge in [0.05, 0.1) is 10.8 Å². The zero-order chi connectivity index (χ0) is 21.6. The fourth-order valence-corrected chi connectivity index (χ4v) is 8.10. The van der Waals surface area contributed by atoms with Crippen LogP contribution in [0.1, 0.15) is 56.9 Å². The molecule has 3 aliphatic heterocycles. The van der Waals surface area contributed by atoms with E-state index in [0.29, 0.717) is 11.8 Å². The van der Waals surface area contributed by atoms with Crippen LogP contribution in [0.25, 0.3) is 0 Å². The molecule has 31 heavy (non-hydrogen) atoms. The van der Waals surface area contributed by atoms with Crippen LogP contribution < -0.4 is 9.47 Å². The van der Waals surface area contributed by atoms with Crippen LogP contribution in [0.4, 0.5) is 0 Å². The molecule has 4 fully saturated rings. The Kier molecular flexibility index (Phi) is 6.09. The van der Waals surface area contributed by atoms with Crippen molar-refractivity contribution in [1.82, 2.24) is 18.6 Å². The predicted octanol–water partition coefficient (Wildman–Crippen LogP) is 2.77. The zero-order valence-electron chi connectivity index (χ0n) is 18.3. The van der Waals surface area contributed by atoms with Gasteiger partial charge in [-0.25, -0.2) is 18.4 Å². The molecule has 0 amide bonds. The van der Waals surface area contributed by atoms with Gasteiger partial charge < -0.3 is 9.47 Å². The molecule has 3 saturated heterocycles. The number of rotatable bonds is 7. The first-order chi connectivity index (χ1) is 15.0. The summed E-state index contributed by atoms with van der Waals surface area (Å²) in [6.07, 6.45) is 10.7. The SMILES string of the molecule is CSN1CCC(Oc2ncnc(O[C@@H]3C[C@H]4CC[C@@H](C3)N4S(=O)(=O)C3CC3)c2C)CC1. The van der Waals surface area contributed by atoms with Crippen molar-refractivity contribution in [2.24, 2.45) is 0 Å². The summed E-state index contributed by atoms with van der Waals surface area (Å²) in [4.78, 5) is 8.73. The van der Waals surface area contributed by atoms with E-state index in [1.54, 1.807) is 11.9 Å². The average molecular weight is 469 g/mol. The van der Waals surface area contributed by atoms with Gasteiger partial charge in [-0.2, -0.15) is 4.31 Å². The van der Waals surface area contributed by atoms with E-state index in [1.165, 1.54) is 6.33 Å². The number of nitrogens with zero attached hydrogens (tertiary/aromatic N) is 4. The molecule has 1 aliphatic carbocycles. The number of hydrogen-bond acceptors (Lipinski definition) is 8. The molecule has 0 radical (unpaired) electrons. The zero-order valence-corrected chi connectivity index (χ0v) is 19.9. The fourth-order valence-electron chi connectivity index (χ4n) is 5.24. The van der Waals surface area contributed by atoms with E-state index in [4.69, 9.17) is 9.47 Å². The maximum absolute atomic E-state index is 12.8. The third-order valence-corrected chi connectivity index (χ3v) is 10.4. The highest BCUT2D eigenvalue weighted by atomic mass is 32.2. The molecular formula is C21H32N4O4S2. The van der Waals surface area contributed by atoms with Crippen LogP contribution >= 0.6 is 11.9 Å². The summed E-state index contributed by atoms with van der Waals surface area (Å²) in [6.45, 7) is 3.98.